The Morgan fingerprint density at radius 2 is 2.11 bits per heavy atom. The SMILES string of the molecule is Nc1nnnn1CC(=O)N1CCC[C@@H](c2n[nH]c(=O)n2-c2ccccc2)C1. The van der Waals surface area contributed by atoms with Crippen molar-refractivity contribution < 1.29 is 4.79 Å². The van der Waals surface area contributed by atoms with Crippen molar-refractivity contribution in [1.29, 1.82) is 0 Å². The molecule has 0 radical (unpaired) electrons. The lowest BCUT2D eigenvalue weighted by molar-refractivity contribution is -0.133. The predicted octanol–water partition coefficient (Wildman–Crippen LogP) is -0.464. The van der Waals surface area contributed by atoms with Gasteiger partial charge in [0.2, 0.25) is 11.9 Å². The number of anilines is 1. The molecule has 1 aliphatic rings. The van der Waals surface area contributed by atoms with Gasteiger partial charge in [-0.2, -0.15) is 5.10 Å². The van der Waals surface area contributed by atoms with Crippen LogP contribution in [-0.2, 0) is 11.3 Å². The van der Waals surface area contributed by atoms with Crippen molar-refractivity contribution >= 4 is 11.9 Å². The minimum absolute atomic E-state index is 0.0163. The standard InChI is InChI=1S/C16H19N9O2/c17-15-19-21-22-24(15)10-13(26)23-8-4-5-11(9-23)14-18-20-16(27)25(14)12-6-2-1-3-7-12/h1-3,6-7,11H,4-5,8-10H2,(H,20,27)(H2,17,19,22)/t11-/m1/s1. The number of hydrogen-bond donors (Lipinski definition) is 2. The number of benzene rings is 1. The molecule has 11 nitrogen and oxygen atoms in total. The third kappa shape index (κ3) is 3.30. The maximum Gasteiger partial charge on any atom is 0.347 e. The number of nitrogens with zero attached hydrogens (tertiary/aromatic N) is 7. The second-order valence-corrected chi connectivity index (χ2v) is 6.43. The fraction of sp³-hybridized carbons (Fsp3) is 0.375. The zero-order chi connectivity index (χ0) is 18.8. The first-order chi connectivity index (χ1) is 13.1. The number of tetrazole rings is 1. The molecular weight excluding hydrogens is 350 g/mol. The number of piperidine rings is 1. The fourth-order valence-corrected chi connectivity index (χ4v) is 3.38. The minimum Gasteiger partial charge on any atom is -0.367 e. The van der Waals surface area contributed by atoms with Gasteiger partial charge in [-0.15, -0.1) is 0 Å². The Hall–Kier alpha value is -3.50. The molecule has 0 unspecified atom stereocenters. The molecule has 27 heavy (non-hydrogen) atoms. The monoisotopic (exact) mass is 369 g/mol. The quantitative estimate of drug-likeness (QED) is 0.633. The van der Waals surface area contributed by atoms with Crippen LogP contribution in [-0.4, -0.2) is 58.9 Å². The first-order valence-corrected chi connectivity index (χ1v) is 8.65. The van der Waals surface area contributed by atoms with Crippen molar-refractivity contribution in [3.63, 3.8) is 0 Å². The lowest BCUT2D eigenvalue weighted by atomic mass is 9.97. The summed E-state index contributed by atoms with van der Waals surface area (Å²) in [5, 5.41) is 17.5. The molecule has 1 amide bonds. The first kappa shape index (κ1) is 16.9. The fourth-order valence-electron chi connectivity index (χ4n) is 3.38. The van der Waals surface area contributed by atoms with Crippen LogP contribution in [0.1, 0.15) is 24.6 Å². The number of carbonyl (C=O) groups is 1. The van der Waals surface area contributed by atoms with E-state index in [2.05, 4.69) is 25.7 Å². The molecule has 1 fully saturated rings. The largest absolute Gasteiger partial charge is 0.367 e. The zero-order valence-corrected chi connectivity index (χ0v) is 14.5. The number of H-pyrrole nitrogens is 1. The topological polar surface area (TPSA) is 141 Å². The number of nitrogens with two attached hydrogens (primary N) is 1. The molecule has 0 aliphatic carbocycles. The van der Waals surface area contributed by atoms with Gasteiger partial charge in [0.05, 0.1) is 5.69 Å². The molecule has 4 rings (SSSR count). The maximum absolute atomic E-state index is 12.6. The van der Waals surface area contributed by atoms with Crippen molar-refractivity contribution in [2.75, 3.05) is 18.8 Å². The molecule has 11 heteroatoms. The molecular formula is C16H19N9O2. The second-order valence-electron chi connectivity index (χ2n) is 6.43. The van der Waals surface area contributed by atoms with Crippen LogP contribution in [0.4, 0.5) is 5.95 Å². The van der Waals surface area contributed by atoms with Gasteiger partial charge in [0.15, 0.2) is 0 Å². The summed E-state index contributed by atoms with van der Waals surface area (Å²) in [6.45, 7) is 1.09. The highest BCUT2D eigenvalue weighted by molar-refractivity contribution is 5.76. The number of rotatable bonds is 4. The molecule has 0 saturated carbocycles. The summed E-state index contributed by atoms with van der Waals surface area (Å²) in [6.07, 6.45) is 1.66. The van der Waals surface area contributed by atoms with Crippen molar-refractivity contribution in [3.8, 4) is 5.69 Å². The summed E-state index contributed by atoms with van der Waals surface area (Å²) in [6, 6.07) is 9.33. The summed E-state index contributed by atoms with van der Waals surface area (Å²) in [4.78, 5) is 26.6. The van der Waals surface area contributed by atoms with Crippen LogP contribution >= 0.6 is 0 Å². The van der Waals surface area contributed by atoms with Gasteiger partial charge in [0, 0.05) is 19.0 Å². The Morgan fingerprint density at radius 3 is 2.85 bits per heavy atom. The number of aromatic amines is 1. The van der Waals surface area contributed by atoms with Gasteiger partial charge in [-0.1, -0.05) is 23.3 Å². The Balaban J connectivity index is 1.55. The summed E-state index contributed by atoms with van der Waals surface area (Å²) in [7, 11) is 0. The van der Waals surface area contributed by atoms with E-state index in [-0.39, 0.29) is 30.0 Å². The predicted molar refractivity (Wildman–Crippen MR) is 95.0 cm³/mol. The van der Waals surface area contributed by atoms with Crippen LogP contribution in [0.3, 0.4) is 0 Å². The molecule has 140 valence electrons. The summed E-state index contributed by atoms with van der Waals surface area (Å²) in [5.74, 6) is 0.559. The molecule has 0 spiro atoms. The van der Waals surface area contributed by atoms with Gasteiger partial charge in [-0.05, 0) is 35.4 Å². The Bertz CT molecular complexity index is 991. The molecule has 2 aromatic heterocycles. The molecule has 1 aromatic carbocycles. The highest BCUT2D eigenvalue weighted by Gasteiger charge is 2.29. The van der Waals surface area contributed by atoms with Crippen molar-refractivity contribution in [1.82, 2.24) is 39.9 Å². The summed E-state index contributed by atoms with van der Waals surface area (Å²) in [5.41, 5.74) is 6.08. The van der Waals surface area contributed by atoms with E-state index in [9.17, 15) is 9.59 Å². The van der Waals surface area contributed by atoms with Gasteiger partial charge in [0.1, 0.15) is 12.4 Å². The van der Waals surface area contributed by atoms with E-state index in [1.54, 1.807) is 9.47 Å². The van der Waals surface area contributed by atoms with Crippen LogP contribution in [0.25, 0.3) is 5.69 Å². The molecule has 1 aliphatic heterocycles. The second kappa shape index (κ2) is 7.02. The average molecular weight is 369 g/mol. The average Bonchev–Trinajstić information content (AvgIpc) is 3.28. The van der Waals surface area contributed by atoms with Crippen molar-refractivity contribution in [2.45, 2.75) is 25.3 Å². The van der Waals surface area contributed by atoms with Crippen LogP contribution in [0.5, 0.6) is 0 Å². The van der Waals surface area contributed by atoms with E-state index < -0.39 is 0 Å². The Labute approximate surface area is 153 Å². The molecule has 1 atom stereocenters. The van der Waals surface area contributed by atoms with Gasteiger partial charge >= 0.3 is 5.69 Å². The van der Waals surface area contributed by atoms with E-state index >= 15 is 0 Å². The van der Waals surface area contributed by atoms with Crippen molar-refractivity contribution in [2.24, 2.45) is 0 Å². The molecule has 3 N–H and O–H groups in total. The van der Waals surface area contributed by atoms with Gasteiger partial charge < -0.3 is 10.6 Å². The van der Waals surface area contributed by atoms with Crippen LogP contribution in [0.2, 0.25) is 0 Å². The van der Waals surface area contributed by atoms with E-state index in [4.69, 9.17) is 5.73 Å². The van der Waals surface area contributed by atoms with Gasteiger partial charge in [-0.25, -0.2) is 19.1 Å². The van der Waals surface area contributed by atoms with Crippen LogP contribution in [0, 0.1) is 0 Å². The lowest BCUT2D eigenvalue weighted by Gasteiger charge is -2.32. The van der Waals surface area contributed by atoms with Gasteiger partial charge in [-0.3, -0.25) is 4.79 Å². The smallest absolute Gasteiger partial charge is 0.347 e. The van der Waals surface area contributed by atoms with E-state index in [1.165, 1.54) is 4.68 Å². The van der Waals surface area contributed by atoms with E-state index in [0.29, 0.717) is 18.9 Å². The molecule has 0 bridgehead atoms. The van der Waals surface area contributed by atoms with E-state index in [0.717, 1.165) is 18.5 Å². The van der Waals surface area contributed by atoms with Crippen LogP contribution in [0.15, 0.2) is 35.1 Å². The third-order valence-electron chi connectivity index (χ3n) is 4.70. The molecule has 3 aromatic rings. The Kier molecular flexibility index (Phi) is 4.40. The number of hydrogen-bond acceptors (Lipinski definition) is 7. The lowest BCUT2D eigenvalue weighted by Crippen LogP contribution is -2.41. The number of para-hydroxylation sites is 1. The number of aromatic nitrogens is 7. The number of amides is 1. The normalized spacial score (nSPS) is 17.2. The summed E-state index contributed by atoms with van der Waals surface area (Å²) < 4.78 is 2.83. The third-order valence-corrected chi connectivity index (χ3v) is 4.70. The van der Waals surface area contributed by atoms with Crippen LogP contribution < -0.4 is 11.4 Å². The summed E-state index contributed by atoms with van der Waals surface area (Å²) >= 11 is 0. The number of nitrogens with one attached hydrogen (secondary N) is 1. The van der Waals surface area contributed by atoms with Gasteiger partial charge in [0.25, 0.3) is 0 Å². The number of likely N-dealkylation sites (tertiary alicyclic amines) is 1. The van der Waals surface area contributed by atoms with Crippen molar-refractivity contribution in [3.05, 3.63) is 46.6 Å². The minimum atomic E-state index is -0.291. The highest BCUT2D eigenvalue weighted by Crippen LogP contribution is 2.26. The molecule has 1 saturated heterocycles. The zero-order valence-electron chi connectivity index (χ0n) is 14.5. The highest BCUT2D eigenvalue weighted by atomic mass is 16.2. The van der Waals surface area contributed by atoms with E-state index in [1.807, 2.05) is 30.3 Å². The molecule has 3 heterocycles. The first-order valence-electron chi connectivity index (χ1n) is 8.65. The number of nitrogen functional groups attached to an aromatic ring is 1. The Morgan fingerprint density at radius 1 is 1.30 bits per heavy atom. The maximum atomic E-state index is 12.6. The number of carbonyl (C=O) groups excluding carboxylic acids is 1.